The Labute approximate surface area is 179 Å². The van der Waals surface area contributed by atoms with E-state index in [2.05, 4.69) is 10.3 Å². The zero-order chi connectivity index (χ0) is 21.8. The highest BCUT2D eigenvalue weighted by Crippen LogP contribution is 2.35. The molecular formula is C20H13Cl2FN2O5. The van der Waals surface area contributed by atoms with Gasteiger partial charge in [0.1, 0.15) is 11.4 Å². The van der Waals surface area contributed by atoms with Crippen LogP contribution in [0, 0.1) is 5.82 Å². The number of amides is 1. The molecule has 0 saturated carbocycles. The van der Waals surface area contributed by atoms with Crippen molar-refractivity contribution < 1.29 is 28.9 Å². The maximum absolute atomic E-state index is 14.2. The normalized spacial score (nSPS) is 10.5. The van der Waals surface area contributed by atoms with E-state index in [1.54, 1.807) is 0 Å². The molecule has 3 N–H and O–H groups in total. The van der Waals surface area contributed by atoms with Crippen LogP contribution in [0.25, 0.3) is 0 Å². The van der Waals surface area contributed by atoms with Crippen LogP contribution in [0.15, 0.2) is 48.7 Å². The second kappa shape index (κ2) is 9.08. The minimum Gasteiger partial charge on any atom is -0.477 e. The van der Waals surface area contributed by atoms with Crippen LogP contribution >= 0.6 is 23.2 Å². The summed E-state index contributed by atoms with van der Waals surface area (Å²) in [6.45, 7) is -0.341. The molecule has 0 aliphatic rings. The monoisotopic (exact) mass is 450 g/mol. The molecule has 0 saturated heterocycles. The number of ether oxygens (including phenoxy) is 1. The van der Waals surface area contributed by atoms with Crippen molar-refractivity contribution >= 4 is 40.8 Å². The summed E-state index contributed by atoms with van der Waals surface area (Å²) in [4.78, 5) is 27.3. The van der Waals surface area contributed by atoms with E-state index in [-0.39, 0.29) is 45.1 Å². The van der Waals surface area contributed by atoms with Crippen LogP contribution in [-0.4, -0.2) is 27.1 Å². The molecule has 1 amide bonds. The van der Waals surface area contributed by atoms with E-state index in [4.69, 9.17) is 38.2 Å². The molecule has 3 rings (SSSR count). The lowest BCUT2D eigenvalue weighted by atomic mass is 10.1. The van der Waals surface area contributed by atoms with Crippen molar-refractivity contribution in [3.63, 3.8) is 0 Å². The summed E-state index contributed by atoms with van der Waals surface area (Å²) < 4.78 is 19.8. The van der Waals surface area contributed by atoms with Crippen molar-refractivity contribution in [1.82, 2.24) is 4.98 Å². The predicted molar refractivity (Wildman–Crippen MR) is 108 cm³/mol. The van der Waals surface area contributed by atoms with Gasteiger partial charge in [-0.25, -0.2) is 14.2 Å². The van der Waals surface area contributed by atoms with E-state index in [0.717, 1.165) is 6.07 Å². The number of nitrogens with zero attached hydrogens (tertiary/aromatic N) is 1. The highest BCUT2D eigenvalue weighted by Gasteiger charge is 2.19. The number of halogens is 3. The summed E-state index contributed by atoms with van der Waals surface area (Å²) in [5.74, 6) is -2.87. The second-order valence-electron chi connectivity index (χ2n) is 5.98. The molecule has 0 fully saturated rings. The highest BCUT2D eigenvalue weighted by molar-refractivity contribution is 6.42. The van der Waals surface area contributed by atoms with Gasteiger partial charge in [-0.15, -0.1) is 0 Å². The quantitative estimate of drug-likeness (QED) is 0.499. The van der Waals surface area contributed by atoms with Gasteiger partial charge in [-0.1, -0.05) is 29.3 Å². The molecule has 1 heterocycles. The van der Waals surface area contributed by atoms with E-state index in [1.165, 1.54) is 42.6 Å². The third-order valence-corrected chi connectivity index (χ3v) is 4.63. The zero-order valence-corrected chi connectivity index (χ0v) is 16.5. The molecule has 0 unspecified atom stereocenters. The predicted octanol–water partition coefficient (Wildman–Crippen LogP) is 4.76. The number of aliphatic hydroxyl groups is 1. The van der Waals surface area contributed by atoms with E-state index < -0.39 is 17.7 Å². The standard InChI is InChI=1S/C20H13Cl2FN2O5/c21-13-6-12(19(27)25-11-2-3-16(20(28)29)24-8-11)18(7-14(13)22)30-17-4-1-10(9-26)5-15(17)23/h1-8,26H,9H2,(H,25,27)(H,28,29). The van der Waals surface area contributed by atoms with Crippen molar-refractivity contribution in [2.75, 3.05) is 5.32 Å². The molecule has 7 nitrogen and oxygen atoms in total. The molecule has 1 aromatic heterocycles. The number of anilines is 1. The summed E-state index contributed by atoms with van der Waals surface area (Å²) >= 11 is 12.0. The Hall–Kier alpha value is -3.20. The SMILES string of the molecule is O=C(O)c1ccc(NC(=O)c2cc(Cl)c(Cl)cc2Oc2ccc(CO)cc2F)cn1. The molecule has 2 aromatic carbocycles. The average molecular weight is 451 g/mol. The maximum atomic E-state index is 14.2. The van der Waals surface area contributed by atoms with Crippen LogP contribution < -0.4 is 10.1 Å². The lowest BCUT2D eigenvalue weighted by molar-refractivity contribution is 0.0690. The number of carboxylic acids is 1. The number of aromatic nitrogens is 1. The zero-order valence-electron chi connectivity index (χ0n) is 15.0. The summed E-state index contributed by atoms with van der Waals surface area (Å²) in [5.41, 5.74) is 0.343. The van der Waals surface area contributed by atoms with Gasteiger partial charge in [0.2, 0.25) is 0 Å². The van der Waals surface area contributed by atoms with Crippen LogP contribution in [0.4, 0.5) is 10.1 Å². The Balaban J connectivity index is 1.91. The topological polar surface area (TPSA) is 109 Å². The molecule has 0 aliphatic heterocycles. The number of carbonyl (C=O) groups is 2. The lowest BCUT2D eigenvalue weighted by Crippen LogP contribution is -2.14. The van der Waals surface area contributed by atoms with Crippen LogP contribution in [0.1, 0.15) is 26.4 Å². The number of aliphatic hydroxyl groups excluding tert-OH is 1. The molecule has 0 aliphatic carbocycles. The van der Waals surface area contributed by atoms with Crippen molar-refractivity contribution in [3.05, 3.63) is 81.3 Å². The molecule has 0 atom stereocenters. The smallest absolute Gasteiger partial charge is 0.354 e. The molecule has 3 aromatic rings. The fourth-order valence-electron chi connectivity index (χ4n) is 2.43. The van der Waals surface area contributed by atoms with Crippen molar-refractivity contribution in [3.8, 4) is 11.5 Å². The molecule has 0 bridgehead atoms. The Kier molecular flexibility index (Phi) is 6.51. The van der Waals surface area contributed by atoms with Crippen molar-refractivity contribution in [2.45, 2.75) is 6.61 Å². The minimum absolute atomic E-state index is 0.0441. The van der Waals surface area contributed by atoms with Gasteiger partial charge in [-0.05, 0) is 35.9 Å². The van der Waals surface area contributed by atoms with Gasteiger partial charge in [0, 0.05) is 6.07 Å². The largest absolute Gasteiger partial charge is 0.477 e. The third-order valence-electron chi connectivity index (χ3n) is 3.91. The van der Waals surface area contributed by atoms with Gasteiger partial charge in [0.15, 0.2) is 11.6 Å². The number of aromatic carboxylic acids is 1. The van der Waals surface area contributed by atoms with Gasteiger partial charge in [0.25, 0.3) is 5.91 Å². The fraction of sp³-hybridized carbons (Fsp3) is 0.0500. The first kappa shape index (κ1) is 21.5. The average Bonchev–Trinajstić information content (AvgIpc) is 2.72. The maximum Gasteiger partial charge on any atom is 0.354 e. The first-order valence-electron chi connectivity index (χ1n) is 8.35. The highest BCUT2D eigenvalue weighted by atomic mass is 35.5. The van der Waals surface area contributed by atoms with Crippen LogP contribution in [-0.2, 0) is 6.61 Å². The fourth-order valence-corrected chi connectivity index (χ4v) is 2.74. The molecular weight excluding hydrogens is 438 g/mol. The number of carboxylic acid groups (broad SMARTS) is 1. The number of pyridine rings is 1. The Morgan fingerprint density at radius 1 is 1.07 bits per heavy atom. The summed E-state index contributed by atoms with van der Waals surface area (Å²) in [5, 5.41) is 20.7. The number of benzene rings is 2. The van der Waals surface area contributed by atoms with E-state index in [9.17, 15) is 14.0 Å². The van der Waals surface area contributed by atoms with E-state index in [1.807, 2.05) is 0 Å². The number of hydrogen-bond acceptors (Lipinski definition) is 5. The third kappa shape index (κ3) is 4.85. The van der Waals surface area contributed by atoms with Gasteiger partial charge < -0.3 is 20.3 Å². The molecule has 154 valence electrons. The second-order valence-corrected chi connectivity index (χ2v) is 6.79. The van der Waals surface area contributed by atoms with Crippen LogP contribution in [0.5, 0.6) is 11.5 Å². The number of hydrogen-bond donors (Lipinski definition) is 3. The molecule has 30 heavy (non-hydrogen) atoms. The summed E-state index contributed by atoms with van der Waals surface area (Å²) in [7, 11) is 0. The molecule has 0 spiro atoms. The number of carbonyl (C=O) groups excluding carboxylic acids is 1. The van der Waals surface area contributed by atoms with Gasteiger partial charge in [0.05, 0.1) is 34.1 Å². The Morgan fingerprint density at radius 3 is 2.40 bits per heavy atom. The van der Waals surface area contributed by atoms with Gasteiger partial charge >= 0.3 is 5.97 Å². The van der Waals surface area contributed by atoms with Crippen LogP contribution in [0.3, 0.4) is 0 Å². The minimum atomic E-state index is -1.21. The van der Waals surface area contributed by atoms with Crippen LogP contribution in [0.2, 0.25) is 10.0 Å². The number of nitrogens with one attached hydrogen (secondary N) is 1. The van der Waals surface area contributed by atoms with Gasteiger partial charge in [-0.3, -0.25) is 4.79 Å². The van der Waals surface area contributed by atoms with Crippen molar-refractivity contribution in [1.29, 1.82) is 0 Å². The summed E-state index contributed by atoms with van der Waals surface area (Å²) in [6, 6.07) is 8.98. The van der Waals surface area contributed by atoms with E-state index >= 15 is 0 Å². The Bertz CT molecular complexity index is 1120. The lowest BCUT2D eigenvalue weighted by Gasteiger charge is -2.14. The summed E-state index contributed by atoms with van der Waals surface area (Å²) in [6.07, 6.45) is 1.17. The number of rotatable bonds is 6. The van der Waals surface area contributed by atoms with E-state index in [0.29, 0.717) is 5.56 Å². The first-order valence-corrected chi connectivity index (χ1v) is 9.11. The van der Waals surface area contributed by atoms with Gasteiger partial charge in [-0.2, -0.15) is 0 Å². The molecule has 10 heteroatoms. The first-order chi connectivity index (χ1) is 14.3. The van der Waals surface area contributed by atoms with Crippen molar-refractivity contribution in [2.24, 2.45) is 0 Å². The molecule has 0 radical (unpaired) electrons. The Morgan fingerprint density at radius 2 is 1.80 bits per heavy atom.